The van der Waals surface area contributed by atoms with Crippen molar-refractivity contribution in [2.75, 3.05) is 13.1 Å². The van der Waals surface area contributed by atoms with E-state index in [1.807, 2.05) is 12.4 Å². The molecule has 0 radical (unpaired) electrons. The van der Waals surface area contributed by atoms with Crippen molar-refractivity contribution in [2.45, 2.75) is 19.4 Å². The molecule has 30 heavy (non-hydrogen) atoms. The lowest BCUT2D eigenvalue weighted by Gasteiger charge is -2.32. The number of hydrogen-bond acceptors (Lipinski definition) is 3. The molecule has 1 N–H and O–H groups in total. The van der Waals surface area contributed by atoms with E-state index in [0.717, 1.165) is 41.5 Å². The number of amides is 1. The second kappa shape index (κ2) is 7.74. The predicted octanol–water partition coefficient (Wildman–Crippen LogP) is 4.12. The van der Waals surface area contributed by atoms with Gasteiger partial charge in [-0.1, -0.05) is 12.1 Å². The zero-order valence-corrected chi connectivity index (χ0v) is 16.5. The molecular weight excluding hydrogens is 381 g/mol. The van der Waals surface area contributed by atoms with Crippen LogP contribution in [0.3, 0.4) is 0 Å². The van der Waals surface area contributed by atoms with E-state index in [1.165, 1.54) is 6.07 Å². The predicted molar refractivity (Wildman–Crippen MR) is 112 cm³/mol. The first-order chi connectivity index (χ1) is 14.7. The second-order valence-electron chi connectivity index (χ2n) is 7.80. The summed E-state index contributed by atoms with van der Waals surface area (Å²) in [6.45, 7) is 2.19. The highest BCUT2D eigenvalue weighted by Gasteiger charge is 2.25. The number of aromatic amines is 1. The number of aromatic nitrogens is 4. The number of fused-ring (bicyclic) bond motifs is 1. The van der Waals surface area contributed by atoms with Crippen LogP contribution in [0.1, 0.15) is 23.2 Å². The Hall–Kier alpha value is -3.48. The van der Waals surface area contributed by atoms with Gasteiger partial charge in [0, 0.05) is 43.0 Å². The maximum Gasteiger partial charge on any atom is 0.256 e. The molecule has 1 saturated heterocycles. The zero-order valence-electron chi connectivity index (χ0n) is 16.5. The fraction of sp³-hybridized carbons (Fsp3) is 0.261. The minimum atomic E-state index is -0.453. The number of halogens is 1. The summed E-state index contributed by atoms with van der Waals surface area (Å²) in [6.07, 6.45) is 9.42. The van der Waals surface area contributed by atoms with Crippen LogP contribution in [0.2, 0.25) is 0 Å². The van der Waals surface area contributed by atoms with E-state index < -0.39 is 5.82 Å². The van der Waals surface area contributed by atoms with Crippen molar-refractivity contribution < 1.29 is 9.18 Å². The summed E-state index contributed by atoms with van der Waals surface area (Å²) in [6, 6.07) is 10.4. The Bertz CT molecular complexity index is 1180. The number of nitrogens with one attached hydrogen (secondary N) is 1. The van der Waals surface area contributed by atoms with Gasteiger partial charge in [0.25, 0.3) is 5.91 Å². The van der Waals surface area contributed by atoms with Crippen LogP contribution >= 0.6 is 0 Å². The number of carbonyl (C=O) groups is 1. The van der Waals surface area contributed by atoms with Gasteiger partial charge in [-0.25, -0.2) is 4.39 Å². The van der Waals surface area contributed by atoms with Gasteiger partial charge in [-0.3, -0.25) is 14.9 Å². The number of H-pyrrole nitrogens is 1. The van der Waals surface area contributed by atoms with Crippen molar-refractivity contribution in [2.24, 2.45) is 5.92 Å². The van der Waals surface area contributed by atoms with Crippen LogP contribution in [-0.2, 0) is 6.54 Å². The normalized spacial score (nSPS) is 15.0. The van der Waals surface area contributed by atoms with Gasteiger partial charge in [-0.05, 0) is 43.0 Å². The number of rotatable bonds is 4. The Morgan fingerprint density at radius 3 is 2.77 bits per heavy atom. The SMILES string of the molecule is O=C(c1ccccc1F)N1CCC(Cn2ccc3cc(-c4cn[nH]c4)ncc32)CC1. The molecule has 0 unspecified atom stereocenters. The molecule has 152 valence electrons. The molecule has 6 nitrogen and oxygen atoms in total. The number of hydrogen-bond donors (Lipinski definition) is 1. The van der Waals surface area contributed by atoms with E-state index in [9.17, 15) is 9.18 Å². The molecule has 3 aromatic heterocycles. The minimum absolute atomic E-state index is 0.159. The molecule has 4 heterocycles. The monoisotopic (exact) mass is 403 g/mol. The molecule has 1 fully saturated rings. The Balaban J connectivity index is 1.25. The molecule has 1 aliphatic heterocycles. The van der Waals surface area contributed by atoms with Crippen LogP contribution in [0.5, 0.6) is 0 Å². The Kier molecular flexibility index (Phi) is 4.78. The van der Waals surface area contributed by atoms with E-state index in [0.29, 0.717) is 19.0 Å². The molecule has 0 spiro atoms. The molecule has 7 heteroatoms. The quantitative estimate of drug-likeness (QED) is 0.557. The van der Waals surface area contributed by atoms with E-state index in [1.54, 1.807) is 29.3 Å². The summed E-state index contributed by atoms with van der Waals surface area (Å²) < 4.78 is 16.2. The first-order valence-corrected chi connectivity index (χ1v) is 10.2. The highest BCUT2D eigenvalue weighted by molar-refractivity contribution is 5.94. The summed E-state index contributed by atoms with van der Waals surface area (Å²) in [5, 5.41) is 7.95. The summed E-state index contributed by atoms with van der Waals surface area (Å²) in [5.74, 6) is -0.196. The van der Waals surface area contributed by atoms with Gasteiger partial charge in [-0.15, -0.1) is 0 Å². The summed E-state index contributed by atoms with van der Waals surface area (Å²) in [7, 11) is 0. The van der Waals surface area contributed by atoms with Crippen molar-refractivity contribution in [3.63, 3.8) is 0 Å². The molecule has 1 aromatic carbocycles. The Morgan fingerprint density at radius 1 is 1.17 bits per heavy atom. The smallest absolute Gasteiger partial charge is 0.256 e. The molecule has 4 aromatic rings. The van der Waals surface area contributed by atoms with E-state index >= 15 is 0 Å². The molecule has 0 saturated carbocycles. The number of benzene rings is 1. The van der Waals surface area contributed by atoms with Gasteiger partial charge in [-0.2, -0.15) is 5.10 Å². The third kappa shape index (κ3) is 3.47. The number of carbonyl (C=O) groups excluding carboxylic acids is 1. The topological polar surface area (TPSA) is 66.8 Å². The van der Waals surface area contributed by atoms with Crippen LogP contribution in [0.25, 0.3) is 22.2 Å². The maximum absolute atomic E-state index is 13.9. The van der Waals surface area contributed by atoms with Crippen molar-refractivity contribution in [3.8, 4) is 11.3 Å². The molecule has 0 aliphatic carbocycles. The molecule has 1 amide bonds. The van der Waals surface area contributed by atoms with Crippen LogP contribution in [0.15, 0.2) is 61.2 Å². The number of pyridine rings is 1. The van der Waals surface area contributed by atoms with Crippen molar-refractivity contribution >= 4 is 16.8 Å². The Labute approximate surface area is 173 Å². The summed E-state index contributed by atoms with van der Waals surface area (Å²) >= 11 is 0. The Morgan fingerprint density at radius 2 is 2.00 bits per heavy atom. The zero-order chi connectivity index (χ0) is 20.5. The molecule has 5 rings (SSSR count). The van der Waals surface area contributed by atoms with Crippen LogP contribution in [-0.4, -0.2) is 43.6 Å². The minimum Gasteiger partial charge on any atom is -0.346 e. The van der Waals surface area contributed by atoms with Gasteiger partial charge in [0.1, 0.15) is 5.82 Å². The highest BCUT2D eigenvalue weighted by Crippen LogP contribution is 2.26. The lowest BCUT2D eigenvalue weighted by molar-refractivity contribution is 0.0679. The molecule has 0 bridgehead atoms. The first kappa shape index (κ1) is 18.5. The van der Waals surface area contributed by atoms with Gasteiger partial charge >= 0.3 is 0 Å². The van der Waals surface area contributed by atoms with Crippen molar-refractivity contribution in [1.29, 1.82) is 0 Å². The third-order valence-electron chi connectivity index (χ3n) is 5.91. The van der Waals surface area contributed by atoms with Crippen LogP contribution in [0.4, 0.5) is 4.39 Å². The fourth-order valence-corrected chi connectivity index (χ4v) is 4.20. The van der Waals surface area contributed by atoms with Crippen LogP contribution in [0, 0.1) is 11.7 Å². The van der Waals surface area contributed by atoms with Gasteiger partial charge in [0.05, 0.1) is 29.2 Å². The lowest BCUT2D eigenvalue weighted by atomic mass is 9.96. The van der Waals surface area contributed by atoms with Crippen molar-refractivity contribution in [3.05, 3.63) is 72.6 Å². The first-order valence-electron chi connectivity index (χ1n) is 10.2. The summed E-state index contributed by atoms with van der Waals surface area (Å²) in [4.78, 5) is 19.0. The van der Waals surface area contributed by atoms with Crippen molar-refractivity contribution in [1.82, 2.24) is 24.6 Å². The molecular formula is C23H22FN5O. The van der Waals surface area contributed by atoms with Gasteiger partial charge in [0.2, 0.25) is 0 Å². The number of likely N-dealkylation sites (tertiary alicyclic amines) is 1. The van der Waals surface area contributed by atoms with Gasteiger partial charge in [0.15, 0.2) is 0 Å². The average Bonchev–Trinajstić information content (AvgIpc) is 3.44. The summed E-state index contributed by atoms with van der Waals surface area (Å²) in [5.41, 5.74) is 3.13. The van der Waals surface area contributed by atoms with E-state index in [2.05, 4.69) is 38.1 Å². The lowest BCUT2D eigenvalue weighted by Crippen LogP contribution is -2.39. The highest BCUT2D eigenvalue weighted by atomic mass is 19.1. The second-order valence-corrected chi connectivity index (χ2v) is 7.80. The number of nitrogens with zero attached hydrogens (tertiary/aromatic N) is 4. The maximum atomic E-state index is 13.9. The van der Waals surface area contributed by atoms with E-state index in [4.69, 9.17) is 0 Å². The largest absolute Gasteiger partial charge is 0.346 e. The van der Waals surface area contributed by atoms with Gasteiger partial charge < -0.3 is 9.47 Å². The van der Waals surface area contributed by atoms with Crippen LogP contribution < -0.4 is 0 Å². The molecule has 1 aliphatic rings. The third-order valence-corrected chi connectivity index (χ3v) is 5.91. The standard InChI is InChI=1S/C23H22FN5O/c24-20-4-2-1-3-19(20)23(30)28-8-5-16(6-9-28)15-29-10-7-17-11-21(25-14-22(17)29)18-12-26-27-13-18/h1-4,7,10-14,16H,5-6,8-9,15H2,(H,26,27). The average molecular weight is 403 g/mol. The fourth-order valence-electron chi connectivity index (χ4n) is 4.20. The molecule has 0 atom stereocenters. The number of piperidine rings is 1. The van der Waals surface area contributed by atoms with E-state index in [-0.39, 0.29) is 11.5 Å².